The molecule has 1 fully saturated rings. The molecule has 8 heteroatoms. The molecule has 1 N–H and O–H groups in total. The monoisotopic (exact) mass is 441 g/mol. The number of aromatic nitrogens is 3. The van der Waals surface area contributed by atoms with E-state index in [9.17, 15) is 0 Å². The Morgan fingerprint density at radius 3 is 2.73 bits per heavy atom. The summed E-state index contributed by atoms with van der Waals surface area (Å²) in [5.74, 6) is 0.0703. The largest absolute Gasteiger partial charge is 0.353 e. The normalized spacial score (nSPS) is 17.1. The molecule has 0 aliphatic carbocycles. The van der Waals surface area contributed by atoms with Gasteiger partial charge in [-0.25, -0.2) is 9.37 Å². The average Bonchev–Trinajstić information content (AvgIpc) is 2.74. The van der Waals surface area contributed by atoms with E-state index < -0.39 is 5.82 Å². The lowest BCUT2D eigenvalue weighted by Crippen LogP contribution is -2.49. The molecule has 1 atom stereocenters. The van der Waals surface area contributed by atoms with Gasteiger partial charge in [0.2, 0.25) is 5.28 Å². The van der Waals surface area contributed by atoms with E-state index in [4.69, 9.17) is 23.2 Å². The molecule has 152 valence electrons. The lowest BCUT2D eigenvalue weighted by atomic mass is 10.0. The van der Waals surface area contributed by atoms with Gasteiger partial charge in [0.15, 0.2) is 5.82 Å². The SMILES string of the molecule is CC1CN(c2nc(Cl)nc3c(F)c(-c4cccc5cccc(Cl)c45)ncc23)CCN1. The molecule has 1 aliphatic heterocycles. The van der Waals surface area contributed by atoms with Crippen molar-refractivity contribution in [1.29, 1.82) is 0 Å². The van der Waals surface area contributed by atoms with Crippen molar-refractivity contribution in [2.24, 2.45) is 0 Å². The summed E-state index contributed by atoms with van der Waals surface area (Å²) in [6, 6.07) is 11.5. The summed E-state index contributed by atoms with van der Waals surface area (Å²) in [4.78, 5) is 15.2. The van der Waals surface area contributed by atoms with Crippen LogP contribution in [-0.2, 0) is 0 Å². The summed E-state index contributed by atoms with van der Waals surface area (Å²) in [6.45, 7) is 4.39. The minimum atomic E-state index is -0.534. The fourth-order valence-electron chi connectivity index (χ4n) is 4.06. The highest BCUT2D eigenvalue weighted by molar-refractivity contribution is 6.36. The van der Waals surface area contributed by atoms with Crippen LogP contribution in [0.25, 0.3) is 32.9 Å². The Labute approximate surface area is 182 Å². The maximum atomic E-state index is 15.7. The average molecular weight is 442 g/mol. The number of rotatable bonds is 2. The number of anilines is 1. The third kappa shape index (κ3) is 3.25. The van der Waals surface area contributed by atoms with Crippen LogP contribution in [0.2, 0.25) is 10.3 Å². The third-order valence-electron chi connectivity index (χ3n) is 5.41. The number of piperazine rings is 1. The number of pyridine rings is 1. The predicted octanol–water partition coefficient (Wildman–Crippen LogP) is 5.09. The molecule has 3 heterocycles. The zero-order valence-electron chi connectivity index (χ0n) is 16.2. The van der Waals surface area contributed by atoms with Crippen molar-refractivity contribution in [3.05, 3.63) is 58.7 Å². The number of nitrogens with zero attached hydrogens (tertiary/aromatic N) is 4. The molecular formula is C22H18Cl2FN5. The second kappa shape index (κ2) is 7.61. The maximum Gasteiger partial charge on any atom is 0.225 e. The second-order valence-electron chi connectivity index (χ2n) is 7.44. The van der Waals surface area contributed by atoms with Gasteiger partial charge in [0.1, 0.15) is 17.0 Å². The molecular weight excluding hydrogens is 424 g/mol. The van der Waals surface area contributed by atoms with Gasteiger partial charge in [-0.15, -0.1) is 0 Å². The van der Waals surface area contributed by atoms with E-state index in [1.54, 1.807) is 12.3 Å². The van der Waals surface area contributed by atoms with Gasteiger partial charge < -0.3 is 10.2 Å². The molecule has 2 aromatic carbocycles. The van der Waals surface area contributed by atoms with Crippen molar-refractivity contribution < 1.29 is 4.39 Å². The van der Waals surface area contributed by atoms with Gasteiger partial charge in [-0.3, -0.25) is 4.98 Å². The summed E-state index contributed by atoms with van der Waals surface area (Å²) in [6.07, 6.45) is 1.63. The first kappa shape index (κ1) is 19.4. The number of hydrogen-bond donors (Lipinski definition) is 1. The summed E-state index contributed by atoms with van der Waals surface area (Å²) in [7, 11) is 0. The predicted molar refractivity (Wildman–Crippen MR) is 120 cm³/mol. The van der Waals surface area contributed by atoms with Crippen LogP contribution in [0.1, 0.15) is 6.92 Å². The molecule has 0 radical (unpaired) electrons. The van der Waals surface area contributed by atoms with Crippen molar-refractivity contribution in [1.82, 2.24) is 20.3 Å². The van der Waals surface area contributed by atoms with Gasteiger partial charge in [-0.1, -0.05) is 41.9 Å². The first-order valence-electron chi connectivity index (χ1n) is 9.70. The zero-order chi connectivity index (χ0) is 20.8. The fourth-order valence-corrected chi connectivity index (χ4v) is 4.51. The van der Waals surface area contributed by atoms with Crippen LogP contribution >= 0.6 is 23.2 Å². The van der Waals surface area contributed by atoms with E-state index in [2.05, 4.69) is 32.1 Å². The first-order chi connectivity index (χ1) is 14.5. The minimum absolute atomic E-state index is 0.00990. The smallest absolute Gasteiger partial charge is 0.225 e. The zero-order valence-corrected chi connectivity index (χ0v) is 17.7. The molecule has 0 saturated carbocycles. The Bertz CT molecular complexity index is 1270. The van der Waals surface area contributed by atoms with Gasteiger partial charge in [0.25, 0.3) is 0 Å². The van der Waals surface area contributed by atoms with Gasteiger partial charge in [-0.05, 0) is 30.0 Å². The molecule has 0 bridgehead atoms. The van der Waals surface area contributed by atoms with Crippen molar-refractivity contribution in [3.8, 4) is 11.3 Å². The second-order valence-corrected chi connectivity index (χ2v) is 8.19. The lowest BCUT2D eigenvalue weighted by Gasteiger charge is -2.33. The molecule has 0 amide bonds. The number of halogens is 3. The van der Waals surface area contributed by atoms with Crippen LogP contribution < -0.4 is 10.2 Å². The molecule has 1 unspecified atom stereocenters. The quantitative estimate of drug-likeness (QED) is 0.439. The maximum absolute atomic E-state index is 15.7. The summed E-state index contributed by atoms with van der Waals surface area (Å²) < 4.78 is 15.7. The minimum Gasteiger partial charge on any atom is -0.353 e. The highest BCUT2D eigenvalue weighted by Gasteiger charge is 2.23. The molecule has 0 spiro atoms. The van der Waals surface area contributed by atoms with E-state index in [-0.39, 0.29) is 22.5 Å². The molecule has 30 heavy (non-hydrogen) atoms. The third-order valence-corrected chi connectivity index (χ3v) is 5.90. The van der Waals surface area contributed by atoms with Crippen LogP contribution in [0.4, 0.5) is 10.2 Å². The Hall–Kier alpha value is -2.54. The molecule has 1 saturated heterocycles. The number of fused-ring (bicyclic) bond motifs is 2. The van der Waals surface area contributed by atoms with Crippen molar-refractivity contribution >= 4 is 50.7 Å². The van der Waals surface area contributed by atoms with E-state index in [1.165, 1.54) is 0 Å². The standard InChI is InChI=1S/C22H18Cl2FN5/c1-12-11-30(9-8-26-12)21-15-10-27-19(18(25)20(15)28-22(24)29-21)14-6-2-4-13-5-3-7-16(23)17(13)14/h2-7,10,12,26H,8-9,11H2,1H3. The van der Waals surface area contributed by atoms with Crippen molar-refractivity contribution in [2.45, 2.75) is 13.0 Å². The van der Waals surface area contributed by atoms with E-state index in [0.717, 1.165) is 30.4 Å². The van der Waals surface area contributed by atoms with Crippen LogP contribution in [0.15, 0.2) is 42.6 Å². The topological polar surface area (TPSA) is 53.9 Å². The molecule has 2 aromatic heterocycles. The molecule has 1 aliphatic rings. The summed E-state index contributed by atoms with van der Waals surface area (Å²) in [5, 5.41) is 6.15. The molecule has 4 aromatic rings. The number of hydrogen-bond acceptors (Lipinski definition) is 5. The molecule has 5 nitrogen and oxygen atoms in total. The van der Waals surface area contributed by atoms with Crippen molar-refractivity contribution in [3.63, 3.8) is 0 Å². The number of benzene rings is 2. The van der Waals surface area contributed by atoms with E-state index in [1.807, 2.05) is 30.3 Å². The van der Waals surface area contributed by atoms with Crippen LogP contribution in [0.5, 0.6) is 0 Å². The van der Waals surface area contributed by atoms with Gasteiger partial charge in [0, 0.05) is 47.8 Å². The van der Waals surface area contributed by atoms with Gasteiger partial charge >= 0.3 is 0 Å². The lowest BCUT2D eigenvalue weighted by molar-refractivity contribution is 0.483. The summed E-state index contributed by atoms with van der Waals surface area (Å²) in [5.41, 5.74) is 0.963. The van der Waals surface area contributed by atoms with E-state index in [0.29, 0.717) is 21.8 Å². The van der Waals surface area contributed by atoms with E-state index >= 15 is 4.39 Å². The highest BCUT2D eigenvalue weighted by atomic mass is 35.5. The van der Waals surface area contributed by atoms with Crippen LogP contribution in [0.3, 0.4) is 0 Å². The van der Waals surface area contributed by atoms with Crippen LogP contribution in [0, 0.1) is 5.82 Å². The molecule has 5 rings (SSSR count). The van der Waals surface area contributed by atoms with Gasteiger partial charge in [-0.2, -0.15) is 4.98 Å². The van der Waals surface area contributed by atoms with Crippen LogP contribution in [-0.4, -0.2) is 40.6 Å². The Morgan fingerprint density at radius 1 is 1.13 bits per heavy atom. The Balaban J connectivity index is 1.73. The highest BCUT2D eigenvalue weighted by Crippen LogP contribution is 2.37. The Kier molecular flexibility index (Phi) is 4.93. The fraction of sp³-hybridized carbons (Fsp3) is 0.227. The van der Waals surface area contributed by atoms with Gasteiger partial charge in [0.05, 0.1) is 5.39 Å². The number of nitrogens with one attached hydrogen (secondary N) is 1. The summed E-state index contributed by atoms with van der Waals surface area (Å²) >= 11 is 12.6. The Morgan fingerprint density at radius 2 is 1.93 bits per heavy atom. The van der Waals surface area contributed by atoms with Crippen molar-refractivity contribution in [2.75, 3.05) is 24.5 Å². The first-order valence-corrected chi connectivity index (χ1v) is 10.5.